The quantitative estimate of drug-likeness (QED) is 0.915. The van der Waals surface area contributed by atoms with Gasteiger partial charge in [-0.1, -0.05) is 60.7 Å². The predicted molar refractivity (Wildman–Crippen MR) is 81.6 cm³/mol. The average Bonchev–Trinajstić information content (AvgIpc) is 3.09. The zero-order valence-corrected chi connectivity index (χ0v) is 11.8. The lowest BCUT2D eigenvalue weighted by Crippen LogP contribution is -2.45. The number of hydrogen-bond donors (Lipinski definition) is 1. The number of rotatable bonds is 2. The Morgan fingerprint density at radius 3 is 2.38 bits per heavy atom. The molecule has 0 radical (unpaired) electrons. The second kappa shape index (κ2) is 4.71. The largest absolute Gasteiger partial charge is 0.318 e. The third-order valence-corrected chi connectivity index (χ3v) is 4.73. The summed E-state index contributed by atoms with van der Waals surface area (Å²) in [5, 5.41) is 3.58. The standard InChI is InChI=1S/C18H18N2O/c21-17-16(14-7-3-1-4-8-14)13-18(19-11-12-20(17)18)15-9-5-2-6-10-15/h1-10,16,19H,11-13H2. The lowest BCUT2D eigenvalue weighted by atomic mass is 9.89. The van der Waals surface area contributed by atoms with Gasteiger partial charge in [-0.2, -0.15) is 0 Å². The summed E-state index contributed by atoms with van der Waals surface area (Å²) in [6.45, 7) is 1.65. The molecule has 2 aromatic rings. The van der Waals surface area contributed by atoms with Crippen LogP contribution in [0.25, 0.3) is 0 Å². The summed E-state index contributed by atoms with van der Waals surface area (Å²) in [6.07, 6.45) is 0.805. The normalized spacial score (nSPS) is 27.9. The van der Waals surface area contributed by atoms with Crippen LogP contribution in [-0.4, -0.2) is 23.9 Å². The maximum absolute atomic E-state index is 12.9. The molecule has 2 aliphatic rings. The van der Waals surface area contributed by atoms with Gasteiger partial charge >= 0.3 is 0 Å². The van der Waals surface area contributed by atoms with E-state index in [9.17, 15) is 4.79 Å². The highest BCUT2D eigenvalue weighted by atomic mass is 16.2. The smallest absolute Gasteiger partial charge is 0.232 e. The minimum atomic E-state index is -0.321. The monoisotopic (exact) mass is 278 g/mol. The first-order chi connectivity index (χ1) is 10.3. The molecule has 4 rings (SSSR count). The Labute approximate surface area is 124 Å². The Kier molecular flexibility index (Phi) is 2.82. The number of carbonyl (C=O) groups excluding carboxylic acids is 1. The van der Waals surface area contributed by atoms with Crippen molar-refractivity contribution in [3.63, 3.8) is 0 Å². The van der Waals surface area contributed by atoms with Crippen LogP contribution >= 0.6 is 0 Å². The highest BCUT2D eigenvalue weighted by molar-refractivity contribution is 5.87. The molecule has 0 spiro atoms. The first-order valence-electron chi connectivity index (χ1n) is 7.48. The van der Waals surface area contributed by atoms with Crippen LogP contribution in [0.5, 0.6) is 0 Å². The molecule has 1 N–H and O–H groups in total. The van der Waals surface area contributed by atoms with Crippen molar-refractivity contribution in [2.45, 2.75) is 18.0 Å². The van der Waals surface area contributed by atoms with Gasteiger partial charge in [0, 0.05) is 19.5 Å². The highest BCUT2D eigenvalue weighted by Crippen LogP contribution is 2.46. The van der Waals surface area contributed by atoms with E-state index in [1.807, 2.05) is 41.3 Å². The summed E-state index contributed by atoms with van der Waals surface area (Å²) in [4.78, 5) is 14.9. The van der Waals surface area contributed by atoms with Gasteiger partial charge in [0.2, 0.25) is 5.91 Å². The van der Waals surface area contributed by atoms with Crippen molar-refractivity contribution in [1.29, 1.82) is 0 Å². The lowest BCUT2D eigenvalue weighted by Gasteiger charge is -2.32. The van der Waals surface area contributed by atoms with E-state index in [1.54, 1.807) is 0 Å². The molecule has 2 saturated heterocycles. The SMILES string of the molecule is O=C1C(c2ccccc2)CC2(c3ccccc3)NCCN12. The molecule has 106 valence electrons. The number of amides is 1. The summed E-state index contributed by atoms with van der Waals surface area (Å²) in [7, 11) is 0. The number of nitrogens with zero attached hydrogens (tertiary/aromatic N) is 1. The molecule has 2 aliphatic heterocycles. The van der Waals surface area contributed by atoms with Crippen molar-refractivity contribution >= 4 is 5.91 Å². The van der Waals surface area contributed by atoms with E-state index in [2.05, 4.69) is 29.6 Å². The second-order valence-corrected chi connectivity index (χ2v) is 5.81. The van der Waals surface area contributed by atoms with Crippen LogP contribution in [-0.2, 0) is 10.5 Å². The van der Waals surface area contributed by atoms with Crippen LogP contribution in [0.1, 0.15) is 23.5 Å². The number of hydrogen-bond acceptors (Lipinski definition) is 2. The predicted octanol–water partition coefficient (Wildman–Crippen LogP) is 2.46. The third kappa shape index (κ3) is 1.81. The molecular weight excluding hydrogens is 260 g/mol. The van der Waals surface area contributed by atoms with Gasteiger partial charge in [0.25, 0.3) is 0 Å². The molecule has 0 bridgehead atoms. The van der Waals surface area contributed by atoms with Gasteiger partial charge in [-0.3, -0.25) is 10.1 Å². The number of carbonyl (C=O) groups is 1. The molecule has 21 heavy (non-hydrogen) atoms. The Hall–Kier alpha value is -2.13. The molecule has 2 unspecified atom stereocenters. The summed E-state index contributed by atoms with van der Waals surface area (Å²) >= 11 is 0. The van der Waals surface area contributed by atoms with Gasteiger partial charge in [-0.05, 0) is 11.1 Å². The van der Waals surface area contributed by atoms with E-state index in [1.165, 1.54) is 5.56 Å². The lowest BCUT2D eigenvalue weighted by molar-refractivity contribution is -0.131. The van der Waals surface area contributed by atoms with E-state index in [0.717, 1.165) is 25.1 Å². The first-order valence-corrected chi connectivity index (χ1v) is 7.48. The molecule has 0 saturated carbocycles. The van der Waals surface area contributed by atoms with Gasteiger partial charge in [-0.25, -0.2) is 0 Å². The molecule has 2 atom stereocenters. The van der Waals surface area contributed by atoms with Crippen molar-refractivity contribution in [3.8, 4) is 0 Å². The summed E-state index contributed by atoms with van der Waals surface area (Å²) in [5.74, 6) is 0.203. The maximum Gasteiger partial charge on any atom is 0.232 e. The van der Waals surface area contributed by atoms with E-state index in [-0.39, 0.29) is 17.5 Å². The van der Waals surface area contributed by atoms with Gasteiger partial charge in [0.15, 0.2) is 0 Å². The molecule has 3 nitrogen and oxygen atoms in total. The molecular formula is C18H18N2O. The van der Waals surface area contributed by atoms with Crippen LogP contribution in [0.3, 0.4) is 0 Å². The van der Waals surface area contributed by atoms with Crippen molar-refractivity contribution in [1.82, 2.24) is 10.2 Å². The first kappa shape index (κ1) is 12.6. The Morgan fingerprint density at radius 1 is 1.00 bits per heavy atom. The van der Waals surface area contributed by atoms with Crippen molar-refractivity contribution in [2.24, 2.45) is 0 Å². The number of benzene rings is 2. The summed E-state index contributed by atoms with van der Waals surface area (Å²) in [5.41, 5.74) is 1.99. The minimum Gasteiger partial charge on any atom is -0.318 e. The average molecular weight is 278 g/mol. The fraction of sp³-hybridized carbons (Fsp3) is 0.278. The zero-order valence-electron chi connectivity index (χ0n) is 11.8. The third-order valence-electron chi connectivity index (χ3n) is 4.73. The fourth-order valence-electron chi connectivity index (χ4n) is 3.75. The van der Waals surface area contributed by atoms with E-state index >= 15 is 0 Å². The Morgan fingerprint density at radius 2 is 1.67 bits per heavy atom. The Balaban J connectivity index is 1.77. The Bertz CT molecular complexity index is 655. The van der Waals surface area contributed by atoms with E-state index < -0.39 is 0 Å². The van der Waals surface area contributed by atoms with Gasteiger partial charge in [0.05, 0.1) is 5.92 Å². The van der Waals surface area contributed by atoms with Gasteiger partial charge < -0.3 is 4.90 Å². The molecule has 2 heterocycles. The molecule has 0 aliphatic carbocycles. The van der Waals surface area contributed by atoms with Crippen molar-refractivity contribution < 1.29 is 4.79 Å². The fourth-order valence-corrected chi connectivity index (χ4v) is 3.75. The topological polar surface area (TPSA) is 32.3 Å². The summed E-state index contributed by atoms with van der Waals surface area (Å²) < 4.78 is 0. The van der Waals surface area contributed by atoms with E-state index in [4.69, 9.17) is 0 Å². The maximum atomic E-state index is 12.9. The second-order valence-electron chi connectivity index (χ2n) is 5.81. The number of nitrogens with one attached hydrogen (secondary N) is 1. The van der Waals surface area contributed by atoms with Crippen molar-refractivity contribution in [3.05, 3.63) is 71.8 Å². The molecule has 2 fully saturated rings. The molecule has 1 amide bonds. The van der Waals surface area contributed by atoms with Gasteiger partial charge in [-0.15, -0.1) is 0 Å². The van der Waals surface area contributed by atoms with Crippen LogP contribution in [0.2, 0.25) is 0 Å². The van der Waals surface area contributed by atoms with E-state index in [0.29, 0.717) is 0 Å². The minimum absolute atomic E-state index is 0.0424. The van der Waals surface area contributed by atoms with Crippen LogP contribution in [0, 0.1) is 0 Å². The van der Waals surface area contributed by atoms with Crippen molar-refractivity contribution in [2.75, 3.05) is 13.1 Å². The highest BCUT2D eigenvalue weighted by Gasteiger charge is 2.54. The molecule has 0 aromatic heterocycles. The molecule has 2 aromatic carbocycles. The van der Waals surface area contributed by atoms with Crippen LogP contribution < -0.4 is 5.32 Å². The molecule has 3 heteroatoms. The van der Waals surface area contributed by atoms with Gasteiger partial charge in [0.1, 0.15) is 5.66 Å². The zero-order chi connectivity index (χ0) is 14.3. The summed E-state index contributed by atoms with van der Waals surface area (Å²) in [6, 6.07) is 20.5. The number of fused-ring (bicyclic) bond motifs is 1. The van der Waals surface area contributed by atoms with Crippen LogP contribution in [0.15, 0.2) is 60.7 Å². The van der Waals surface area contributed by atoms with Crippen LogP contribution in [0.4, 0.5) is 0 Å².